The molecule has 1 heterocycles. The Morgan fingerprint density at radius 1 is 1.29 bits per heavy atom. The fraction of sp³-hybridized carbons (Fsp3) is 0.625. The van der Waals surface area contributed by atoms with Gasteiger partial charge in [0.15, 0.2) is 0 Å². The van der Waals surface area contributed by atoms with E-state index in [9.17, 15) is 13.5 Å². The lowest BCUT2D eigenvalue weighted by Gasteiger charge is -2.33. The summed E-state index contributed by atoms with van der Waals surface area (Å²) in [4.78, 5) is 0. The molecule has 21 heavy (non-hydrogen) atoms. The van der Waals surface area contributed by atoms with Gasteiger partial charge in [0, 0.05) is 17.7 Å². The maximum absolute atomic E-state index is 11.8. The van der Waals surface area contributed by atoms with E-state index in [4.69, 9.17) is 4.74 Å². The Kier molecular flexibility index (Phi) is 3.97. The summed E-state index contributed by atoms with van der Waals surface area (Å²) in [5.74, 6) is 0.847. The molecule has 4 unspecified atom stereocenters. The molecule has 1 fully saturated rings. The lowest BCUT2D eigenvalue weighted by Crippen LogP contribution is -2.36. The average molecular weight is 310 g/mol. The molecular weight excluding hydrogens is 288 g/mol. The second-order valence-corrected chi connectivity index (χ2v) is 8.65. The zero-order valence-electron chi connectivity index (χ0n) is 12.2. The molecule has 1 aliphatic heterocycles. The molecule has 4 atom stereocenters. The van der Waals surface area contributed by atoms with Gasteiger partial charge in [-0.05, 0) is 31.2 Å². The molecule has 0 aromatic heterocycles. The molecule has 1 aromatic rings. The Morgan fingerprint density at radius 2 is 2.05 bits per heavy atom. The van der Waals surface area contributed by atoms with Gasteiger partial charge in [-0.25, -0.2) is 8.42 Å². The molecule has 2 aliphatic rings. The van der Waals surface area contributed by atoms with Gasteiger partial charge in [-0.15, -0.1) is 0 Å². The largest absolute Gasteiger partial charge is 0.493 e. The molecule has 5 heteroatoms. The molecule has 4 nitrogen and oxygen atoms in total. The predicted molar refractivity (Wildman–Crippen MR) is 81.3 cm³/mol. The lowest BCUT2D eigenvalue weighted by molar-refractivity contribution is 0.0542. The quantitative estimate of drug-likeness (QED) is 0.929. The molecule has 0 bridgehead atoms. The SMILES string of the molecule is CS(=O)(=O)C1CCCC(C(O)C2COc3ccccc32)C1. The number of hydrogen-bond donors (Lipinski definition) is 1. The summed E-state index contributed by atoms with van der Waals surface area (Å²) in [6, 6.07) is 7.79. The van der Waals surface area contributed by atoms with Crippen molar-refractivity contribution in [1.29, 1.82) is 0 Å². The summed E-state index contributed by atoms with van der Waals surface area (Å²) in [5, 5.41) is 10.4. The van der Waals surface area contributed by atoms with E-state index < -0.39 is 15.9 Å². The van der Waals surface area contributed by atoms with E-state index >= 15 is 0 Å². The number of aliphatic hydroxyl groups is 1. The van der Waals surface area contributed by atoms with Crippen LogP contribution in [0.25, 0.3) is 0 Å². The molecule has 1 N–H and O–H groups in total. The van der Waals surface area contributed by atoms with Crippen molar-refractivity contribution in [2.24, 2.45) is 5.92 Å². The molecule has 1 aromatic carbocycles. The van der Waals surface area contributed by atoms with Gasteiger partial charge in [0.1, 0.15) is 15.6 Å². The van der Waals surface area contributed by atoms with Crippen LogP contribution in [-0.4, -0.2) is 37.7 Å². The predicted octanol–water partition coefficient (Wildman–Crippen LogP) is 2.13. The first-order valence-electron chi connectivity index (χ1n) is 7.55. The third-order valence-corrected chi connectivity index (χ3v) is 6.54. The van der Waals surface area contributed by atoms with Crippen LogP contribution < -0.4 is 4.74 Å². The smallest absolute Gasteiger partial charge is 0.150 e. The minimum atomic E-state index is -3.02. The number of rotatable bonds is 3. The minimum absolute atomic E-state index is 0.0375. The first kappa shape index (κ1) is 14.9. The van der Waals surface area contributed by atoms with E-state index in [1.165, 1.54) is 6.26 Å². The highest BCUT2D eigenvalue weighted by Crippen LogP contribution is 2.41. The Morgan fingerprint density at radius 3 is 2.81 bits per heavy atom. The van der Waals surface area contributed by atoms with E-state index in [2.05, 4.69) is 0 Å². The number of fused-ring (bicyclic) bond motifs is 1. The highest BCUT2D eigenvalue weighted by atomic mass is 32.2. The van der Waals surface area contributed by atoms with Gasteiger partial charge in [-0.1, -0.05) is 24.6 Å². The third-order valence-electron chi connectivity index (χ3n) is 4.90. The second kappa shape index (κ2) is 5.61. The first-order chi connectivity index (χ1) is 9.97. The number of ether oxygens (including phenoxy) is 1. The molecule has 0 saturated heterocycles. The summed E-state index contributed by atoms with van der Waals surface area (Å²) >= 11 is 0. The Hall–Kier alpha value is -1.07. The number of hydrogen-bond acceptors (Lipinski definition) is 4. The molecule has 1 saturated carbocycles. The zero-order chi connectivity index (χ0) is 15.0. The van der Waals surface area contributed by atoms with Crippen molar-refractivity contribution in [2.75, 3.05) is 12.9 Å². The Bertz CT molecular complexity index is 610. The molecule has 0 amide bonds. The topological polar surface area (TPSA) is 63.6 Å². The molecular formula is C16H22O4S. The van der Waals surface area contributed by atoms with Crippen molar-refractivity contribution in [2.45, 2.75) is 43.0 Å². The van der Waals surface area contributed by atoms with Crippen molar-refractivity contribution >= 4 is 9.84 Å². The van der Waals surface area contributed by atoms with E-state index in [-0.39, 0.29) is 17.1 Å². The first-order valence-corrected chi connectivity index (χ1v) is 9.51. The van der Waals surface area contributed by atoms with Gasteiger partial charge in [-0.2, -0.15) is 0 Å². The summed E-state index contributed by atoms with van der Waals surface area (Å²) in [6.45, 7) is 0.487. The van der Waals surface area contributed by atoms with Gasteiger partial charge in [0.2, 0.25) is 0 Å². The number of para-hydroxylation sites is 1. The van der Waals surface area contributed by atoms with Crippen LogP contribution in [0.2, 0.25) is 0 Å². The average Bonchev–Trinajstić information content (AvgIpc) is 2.90. The molecule has 3 rings (SSSR count). The van der Waals surface area contributed by atoms with Gasteiger partial charge in [-0.3, -0.25) is 0 Å². The van der Waals surface area contributed by atoms with Crippen molar-refractivity contribution in [3.63, 3.8) is 0 Å². The van der Waals surface area contributed by atoms with Crippen molar-refractivity contribution < 1.29 is 18.3 Å². The molecule has 116 valence electrons. The number of aliphatic hydroxyl groups excluding tert-OH is 1. The summed E-state index contributed by atoms with van der Waals surface area (Å²) in [7, 11) is -3.02. The van der Waals surface area contributed by atoms with E-state index in [1.807, 2.05) is 24.3 Å². The van der Waals surface area contributed by atoms with E-state index in [1.54, 1.807) is 0 Å². The van der Waals surface area contributed by atoms with Gasteiger partial charge in [0.05, 0.1) is 18.0 Å². The van der Waals surface area contributed by atoms with Crippen LogP contribution in [0.4, 0.5) is 0 Å². The van der Waals surface area contributed by atoms with Gasteiger partial charge >= 0.3 is 0 Å². The van der Waals surface area contributed by atoms with Crippen LogP contribution in [0, 0.1) is 5.92 Å². The van der Waals surface area contributed by atoms with Crippen LogP contribution in [0.1, 0.15) is 37.2 Å². The highest BCUT2D eigenvalue weighted by Gasteiger charge is 2.38. The summed E-state index contributed by atoms with van der Waals surface area (Å²) in [6.07, 6.45) is 3.83. The maximum Gasteiger partial charge on any atom is 0.150 e. The second-order valence-electron chi connectivity index (χ2n) is 6.32. The van der Waals surface area contributed by atoms with Gasteiger partial charge in [0.25, 0.3) is 0 Å². The normalized spacial score (nSPS) is 30.5. The van der Waals surface area contributed by atoms with Crippen LogP contribution in [0.5, 0.6) is 5.75 Å². The van der Waals surface area contributed by atoms with Crippen molar-refractivity contribution in [3.8, 4) is 5.75 Å². The lowest BCUT2D eigenvalue weighted by atomic mass is 9.78. The summed E-state index contributed by atoms with van der Waals surface area (Å²) < 4.78 is 29.2. The Balaban J connectivity index is 1.75. The fourth-order valence-corrected chi connectivity index (χ4v) is 4.87. The molecule has 0 spiro atoms. The van der Waals surface area contributed by atoms with E-state index in [0.717, 1.165) is 30.6 Å². The third kappa shape index (κ3) is 2.94. The van der Waals surface area contributed by atoms with Gasteiger partial charge < -0.3 is 9.84 Å². The highest BCUT2D eigenvalue weighted by molar-refractivity contribution is 7.91. The maximum atomic E-state index is 11.8. The molecule has 0 radical (unpaired) electrons. The standard InChI is InChI=1S/C16H22O4S/c1-21(18,19)12-6-4-5-11(9-12)16(17)14-10-20-15-8-3-2-7-13(14)15/h2-3,7-8,11-12,14,16-17H,4-6,9-10H2,1H3. The monoisotopic (exact) mass is 310 g/mol. The van der Waals surface area contributed by atoms with E-state index in [0.29, 0.717) is 13.0 Å². The minimum Gasteiger partial charge on any atom is -0.493 e. The van der Waals surface area contributed by atoms with Crippen LogP contribution >= 0.6 is 0 Å². The fourth-order valence-electron chi connectivity index (χ4n) is 3.68. The van der Waals surface area contributed by atoms with Crippen LogP contribution in [0.3, 0.4) is 0 Å². The zero-order valence-corrected chi connectivity index (χ0v) is 13.1. The van der Waals surface area contributed by atoms with Crippen LogP contribution in [0.15, 0.2) is 24.3 Å². The van der Waals surface area contributed by atoms with Crippen molar-refractivity contribution in [1.82, 2.24) is 0 Å². The number of sulfone groups is 1. The molecule has 1 aliphatic carbocycles. The van der Waals surface area contributed by atoms with Crippen LogP contribution in [-0.2, 0) is 9.84 Å². The Labute approximate surface area is 126 Å². The summed E-state index contributed by atoms with van der Waals surface area (Å²) in [5.41, 5.74) is 1.05. The van der Waals surface area contributed by atoms with Crippen molar-refractivity contribution in [3.05, 3.63) is 29.8 Å². The number of benzene rings is 1.